The van der Waals surface area contributed by atoms with Crippen LogP contribution in [0.15, 0.2) is 59.7 Å². The Labute approximate surface area is 177 Å². The molecule has 1 aliphatic heterocycles. The molecule has 1 unspecified atom stereocenters. The van der Waals surface area contributed by atoms with Crippen LogP contribution in [0.4, 0.5) is 0 Å². The lowest BCUT2D eigenvalue weighted by molar-refractivity contribution is 0.140. The topological polar surface area (TPSA) is 67.8 Å². The Bertz CT molecular complexity index is 1020. The predicted octanol–water partition coefficient (Wildman–Crippen LogP) is 3.58. The predicted molar refractivity (Wildman–Crippen MR) is 120 cm³/mol. The molecule has 1 fully saturated rings. The van der Waals surface area contributed by atoms with Gasteiger partial charge in [-0.25, -0.2) is 0 Å². The average molecular weight is 405 g/mol. The number of fused-ring (bicyclic) bond motifs is 1. The number of hydrogen-bond acceptors (Lipinski definition) is 4. The molecule has 0 amide bonds. The summed E-state index contributed by atoms with van der Waals surface area (Å²) in [5, 5.41) is 7.95. The van der Waals surface area contributed by atoms with Crippen LogP contribution in [0.5, 0.6) is 5.75 Å². The van der Waals surface area contributed by atoms with Crippen molar-refractivity contribution in [3.8, 4) is 5.75 Å². The number of para-hydroxylation sites is 1. The van der Waals surface area contributed by atoms with Crippen molar-refractivity contribution in [3.63, 3.8) is 0 Å². The molecule has 2 heterocycles. The van der Waals surface area contributed by atoms with Crippen molar-refractivity contribution in [1.82, 2.24) is 15.6 Å². The fraction of sp³-hybridized carbons (Fsp3) is 0.333. The highest BCUT2D eigenvalue weighted by Gasteiger charge is 2.18. The molecule has 0 radical (unpaired) electrons. The SMILES string of the molecule is CN=C(NCc1ccc(C)cc1OC1CCOC1)NCc1ccnc2ccccc12. The van der Waals surface area contributed by atoms with Crippen molar-refractivity contribution in [2.75, 3.05) is 20.3 Å². The van der Waals surface area contributed by atoms with Crippen LogP contribution in [0.3, 0.4) is 0 Å². The summed E-state index contributed by atoms with van der Waals surface area (Å²) in [6.07, 6.45) is 2.91. The summed E-state index contributed by atoms with van der Waals surface area (Å²) in [4.78, 5) is 8.79. The van der Waals surface area contributed by atoms with Crippen molar-refractivity contribution >= 4 is 16.9 Å². The molecule has 30 heavy (non-hydrogen) atoms. The summed E-state index contributed by atoms with van der Waals surface area (Å²) in [6, 6.07) is 16.5. The van der Waals surface area contributed by atoms with E-state index in [1.807, 2.05) is 30.5 Å². The third-order valence-electron chi connectivity index (χ3n) is 5.26. The summed E-state index contributed by atoms with van der Waals surface area (Å²) in [6.45, 7) is 4.79. The first-order valence-electron chi connectivity index (χ1n) is 10.3. The second-order valence-electron chi connectivity index (χ2n) is 7.48. The number of pyridine rings is 1. The number of ether oxygens (including phenoxy) is 2. The van der Waals surface area contributed by atoms with Gasteiger partial charge in [-0.3, -0.25) is 9.98 Å². The zero-order valence-electron chi connectivity index (χ0n) is 17.5. The highest BCUT2D eigenvalue weighted by Crippen LogP contribution is 2.24. The molecule has 1 saturated heterocycles. The molecule has 0 bridgehead atoms. The van der Waals surface area contributed by atoms with E-state index in [-0.39, 0.29) is 6.10 Å². The molecule has 0 spiro atoms. The number of aromatic nitrogens is 1. The standard InChI is InChI=1S/C24H28N4O2/c1-17-7-8-19(23(13-17)30-20-10-12-29-16-20)15-28-24(25-2)27-14-18-9-11-26-22-6-4-3-5-21(18)22/h3-9,11,13,20H,10,12,14-16H2,1-2H3,(H2,25,27,28). The second-order valence-corrected chi connectivity index (χ2v) is 7.48. The van der Waals surface area contributed by atoms with E-state index >= 15 is 0 Å². The van der Waals surface area contributed by atoms with Gasteiger partial charge < -0.3 is 20.1 Å². The molecule has 2 aromatic carbocycles. The lowest BCUT2D eigenvalue weighted by atomic mass is 10.1. The Morgan fingerprint density at radius 3 is 2.77 bits per heavy atom. The maximum Gasteiger partial charge on any atom is 0.191 e. The Morgan fingerprint density at radius 2 is 1.97 bits per heavy atom. The van der Waals surface area contributed by atoms with Crippen molar-refractivity contribution in [2.45, 2.75) is 32.5 Å². The molecule has 4 rings (SSSR count). The molecule has 1 aromatic heterocycles. The first-order valence-corrected chi connectivity index (χ1v) is 10.3. The lowest BCUT2D eigenvalue weighted by Crippen LogP contribution is -2.36. The first kappa shape index (κ1) is 20.2. The number of guanidine groups is 1. The van der Waals surface area contributed by atoms with Crippen LogP contribution in [0, 0.1) is 6.92 Å². The Kier molecular flexibility index (Phi) is 6.44. The van der Waals surface area contributed by atoms with Crippen molar-refractivity contribution < 1.29 is 9.47 Å². The zero-order chi connectivity index (χ0) is 20.8. The summed E-state index contributed by atoms with van der Waals surface area (Å²) in [5.41, 5.74) is 4.46. The molecule has 0 aliphatic carbocycles. The summed E-state index contributed by atoms with van der Waals surface area (Å²) < 4.78 is 11.6. The van der Waals surface area contributed by atoms with E-state index in [9.17, 15) is 0 Å². The van der Waals surface area contributed by atoms with E-state index in [4.69, 9.17) is 9.47 Å². The third-order valence-corrected chi connectivity index (χ3v) is 5.26. The smallest absolute Gasteiger partial charge is 0.191 e. The van der Waals surface area contributed by atoms with Crippen LogP contribution < -0.4 is 15.4 Å². The normalized spacial score (nSPS) is 16.6. The maximum absolute atomic E-state index is 6.20. The van der Waals surface area contributed by atoms with Crippen LogP contribution in [-0.2, 0) is 17.8 Å². The maximum atomic E-state index is 6.20. The molecule has 6 nitrogen and oxygen atoms in total. The lowest BCUT2D eigenvalue weighted by Gasteiger charge is -2.18. The number of aryl methyl sites for hydroxylation is 1. The number of hydrogen-bond donors (Lipinski definition) is 2. The van der Waals surface area contributed by atoms with Crippen molar-refractivity contribution in [3.05, 3.63) is 71.4 Å². The number of nitrogens with one attached hydrogen (secondary N) is 2. The summed E-state index contributed by atoms with van der Waals surface area (Å²) in [7, 11) is 1.78. The van der Waals surface area contributed by atoms with Gasteiger partial charge in [-0.05, 0) is 36.2 Å². The molecule has 156 valence electrons. The Balaban J connectivity index is 1.40. The number of benzene rings is 2. The molecule has 1 atom stereocenters. The highest BCUT2D eigenvalue weighted by atomic mass is 16.5. The number of rotatable bonds is 6. The minimum absolute atomic E-state index is 0.128. The van der Waals surface area contributed by atoms with Crippen LogP contribution >= 0.6 is 0 Å². The molecule has 6 heteroatoms. The van der Waals surface area contributed by atoms with E-state index < -0.39 is 0 Å². The minimum atomic E-state index is 0.128. The van der Waals surface area contributed by atoms with E-state index in [0.29, 0.717) is 19.7 Å². The van der Waals surface area contributed by atoms with Crippen molar-refractivity contribution in [2.24, 2.45) is 4.99 Å². The van der Waals surface area contributed by atoms with E-state index in [1.165, 1.54) is 11.1 Å². The van der Waals surface area contributed by atoms with Gasteiger partial charge in [0.15, 0.2) is 5.96 Å². The van der Waals surface area contributed by atoms with Gasteiger partial charge >= 0.3 is 0 Å². The van der Waals surface area contributed by atoms with Crippen LogP contribution in [0.1, 0.15) is 23.1 Å². The molecule has 3 aromatic rings. The van der Waals surface area contributed by atoms with Gasteiger partial charge in [0, 0.05) is 43.7 Å². The first-order chi connectivity index (χ1) is 14.7. The summed E-state index contributed by atoms with van der Waals surface area (Å²) in [5.74, 6) is 1.65. The third kappa shape index (κ3) is 4.89. The Morgan fingerprint density at radius 1 is 1.13 bits per heavy atom. The Hall–Kier alpha value is -3.12. The monoisotopic (exact) mass is 404 g/mol. The number of aliphatic imine (C=N–C) groups is 1. The average Bonchev–Trinajstić information content (AvgIpc) is 3.28. The van der Waals surface area contributed by atoms with Gasteiger partial charge in [-0.1, -0.05) is 30.3 Å². The van der Waals surface area contributed by atoms with E-state index in [1.54, 1.807) is 7.05 Å². The van der Waals surface area contributed by atoms with Gasteiger partial charge in [0.1, 0.15) is 11.9 Å². The van der Waals surface area contributed by atoms with Gasteiger partial charge in [0.2, 0.25) is 0 Å². The van der Waals surface area contributed by atoms with Crippen molar-refractivity contribution in [1.29, 1.82) is 0 Å². The number of nitrogens with zero attached hydrogens (tertiary/aromatic N) is 2. The minimum Gasteiger partial charge on any atom is -0.488 e. The molecule has 2 N–H and O–H groups in total. The van der Waals surface area contributed by atoms with Crippen LogP contribution in [0.25, 0.3) is 10.9 Å². The quantitative estimate of drug-likeness (QED) is 0.486. The van der Waals surface area contributed by atoms with E-state index in [2.05, 4.69) is 51.8 Å². The van der Waals surface area contributed by atoms with Crippen LogP contribution in [0.2, 0.25) is 0 Å². The largest absolute Gasteiger partial charge is 0.488 e. The molecule has 1 aliphatic rings. The fourth-order valence-corrected chi connectivity index (χ4v) is 3.59. The van der Waals surface area contributed by atoms with E-state index in [0.717, 1.165) is 41.2 Å². The van der Waals surface area contributed by atoms with Gasteiger partial charge in [-0.2, -0.15) is 0 Å². The highest BCUT2D eigenvalue weighted by molar-refractivity contribution is 5.83. The zero-order valence-corrected chi connectivity index (χ0v) is 17.5. The molecule has 0 saturated carbocycles. The van der Waals surface area contributed by atoms with Gasteiger partial charge in [0.25, 0.3) is 0 Å². The second kappa shape index (κ2) is 9.59. The van der Waals surface area contributed by atoms with Gasteiger partial charge in [-0.15, -0.1) is 0 Å². The molecular formula is C24H28N4O2. The van der Waals surface area contributed by atoms with Gasteiger partial charge in [0.05, 0.1) is 18.7 Å². The summed E-state index contributed by atoms with van der Waals surface area (Å²) >= 11 is 0. The fourth-order valence-electron chi connectivity index (χ4n) is 3.59. The molecular weight excluding hydrogens is 376 g/mol. The van der Waals surface area contributed by atoms with Crippen LogP contribution in [-0.4, -0.2) is 37.3 Å².